The first-order valence-corrected chi connectivity index (χ1v) is 8.13. The van der Waals surface area contributed by atoms with Gasteiger partial charge in [-0.1, -0.05) is 6.07 Å². The average molecular weight is 325 g/mol. The predicted octanol–water partition coefficient (Wildman–Crippen LogP) is 1.99. The van der Waals surface area contributed by atoms with Gasteiger partial charge >= 0.3 is 12.0 Å². The minimum atomic E-state index is -1.03. The first-order chi connectivity index (χ1) is 10.1. The largest absolute Gasteiger partial charge is 0.476 e. The lowest BCUT2D eigenvalue weighted by Crippen LogP contribution is -2.37. The minimum Gasteiger partial charge on any atom is -0.476 e. The summed E-state index contributed by atoms with van der Waals surface area (Å²) in [6, 6.07) is 3.80. The third-order valence-electron chi connectivity index (χ3n) is 2.63. The zero-order valence-electron chi connectivity index (χ0n) is 11.2. The van der Waals surface area contributed by atoms with Gasteiger partial charge in [-0.25, -0.2) is 14.6 Å². The number of thiazole rings is 1. The van der Waals surface area contributed by atoms with Crippen LogP contribution < -0.4 is 10.6 Å². The van der Waals surface area contributed by atoms with Crippen molar-refractivity contribution in [1.29, 1.82) is 0 Å². The van der Waals surface area contributed by atoms with Gasteiger partial charge in [-0.2, -0.15) is 0 Å². The molecule has 0 spiro atoms. The number of aromatic carboxylic acids is 1. The van der Waals surface area contributed by atoms with Crippen molar-refractivity contribution in [3.8, 4) is 0 Å². The van der Waals surface area contributed by atoms with E-state index in [9.17, 15) is 9.59 Å². The number of hydrogen-bond acceptors (Lipinski definition) is 5. The van der Waals surface area contributed by atoms with Gasteiger partial charge in [0.25, 0.3) is 0 Å². The number of carbonyl (C=O) groups excluding carboxylic acids is 1. The molecule has 2 aromatic rings. The monoisotopic (exact) mass is 325 g/mol. The highest BCUT2D eigenvalue weighted by atomic mass is 32.1. The molecule has 8 heteroatoms. The van der Waals surface area contributed by atoms with E-state index in [1.54, 1.807) is 11.3 Å². The maximum Gasteiger partial charge on any atom is 0.355 e. The quantitative estimate of drug-likeness (QED) is 0.726. The number of urea groups is 1. The first-order valence-electron chi connectivity index (χ1n) is 6.37. The summed E-state index contributed by atoms with van der Waals surface area (Å²) in [5, 5.41) is 18.5. The highest BCUT2D eigenvalue weighted by Crippen LogP contribution is 2.10. The Hall–Kier alpha value is -1.93. The first kappa shape index (κ1) is 15.5. The zero-order valence-corrected chi connectivity index (χ0v) is 12.8. The Labute approximate surface area is 129 Å². The number of nitrogens with one attached hydrogen (secondary N) is 2. The molecule has 0 radical (unpaired) electrons. The molecular weight excluding hydrogens is 310 g/mol. The van der Waals surface area contributed by atoms with Crippen molar-refractivity contribution in [1.82, 2.24) is 15.6 Å². The summed E-state index contributed by atoms with van der Waals surface area (Å²) in [4.78, 5) is 27.4. The van der Waals surface area contributed by atoms with Gasteiger partial charge in [0.15, 0.2) is 5.69 Å². The Morgan fingerprint density at radius 3 is 2.57 bits per heavy atom. The van der Waals surface area contributed by atoms with Crippen LogP contribution in [0.1, 0.15) is 20.4 Å². The van der Waals surface area contributed by atoms with Crippen LogP contribution in [0.5, 0.6) is 0 Å². The van der Waals surface area contributed by atoms with Crippen molar-refractivity contribution in [2.75, 3.05) is 13.1 Å². The van der Waals surface area contributed by atoms with E-state index in [-0.39, 0.29) is 11.7 Å². The molecular formula is C13H15N3O3S2. The topological polar surface area (TPSA) is 91.3 Å². The fourth-order valence-electron chi connectivity index (χ4n) is 1.62. The summed E-state index contributed by atoms with van der Waals surface area (Å²) < 4.78 is 0. The van der Waals surface area contributed by atoms with Crippen molar-refractivity contribution in [2.24, 2.45) is 0 Å². The Kier molecular flexibility index (Phi) is 5.70. The van der Waals surface area contributed by atoms with Crippen LogP contribution >= 0.6 is 22.7 Å². The summed E-state index contributed by atoms with van der Waals surface area (Å²) in [7, 11) is 0. The van der Waals surface area contributed by atoms with Crippen LogP contribution in [0, 0.1) is 0 Å². The van der Waals surface area contributed by atoms with E-state index in [1.165, 1.54) is 21.6 Å². The van der Waals surface area contributed by atoms with Crippen molar-refractivity contribution in [2.45, 2.75) is 12.8 Å². The third-order valence-corrected chi connectivity index (χ3v) is 4.48. The molecule has 0 aliphatic heterocycles. The lowest BCUT2D eigenvalue weighted by atomic mass is 10.3. The molecule has 0 aromatic carbocycles. The molecule has 2 amide bonds. The highest BCUT2D eigenvalue weighted by molar-refractivity contribution is 7.10. The molecule has 2 heterocycles. The van der Waals surface area contributed by atoms with Gasteiger partial charge in [0.05, 0.1) is 5.01 Å². The molecule has 0 aliphatic carbocycles. The maximum atomic E-state index is 11.5. The van der Waals surface area contributed by atoms with Crippen LogP contribution in [-0.2, 0) is 12.8 Å². The van der Waals surface area contributed by atoms with Gasteiger partial charge in [-0.05, 0) is 17.9 Å². The molecule has 6 nitrogen and oxygen atoms in total. The second kappa shape index (κ2) is 7.75. The summed E-state index contributed by atoms with van der Waals surface area (Å²) in [6.07, 6.45) is 1.34. The van der Waals surface area contributed by atoms with E-state index in [4.69, 9.17) is 5.11 Å². The van der Waals surface area contributed by atoms with Crippen LogP contribution in [0.15, 0.2) is 22.9 Å². The second-order valence-electron chi connectivity index (χ2n) is 4.19. The SMILES string of the molecule is O=C(NCCc1cccs1)NCCc1nc(C(=O)O)cs1. The number of carboxylic acids is 1. The third kappa shape index (κ3) is 5.16. The van der Waals surface area contributed by atoms with E-state index >= 15 is 0 Å². The molecule has 3 N–H and O–H groups in total. The smallest absolute Gasteiger partial charge is 0.355 e. The van der Waals surface area contributed by atoms with Crippen LogP contribution in [-0.4, -0.2) is 35.2 Å². The molecule has 0 saturated heterocycles. The molecule has 0 saturated carbocycles. The van der Waals surface area contributed by atoms with E-state index in [0.29, 0.717) is 24.5 Å². The number of hydrogen-bond donors (Lipinski definition) is 3. The fourth-order valence-corrected chi connectivity index (χ4v) is 3.10. The number of carboxylic acid groups (broad SMARTS) is 1. The average Bonchev–Trinajstić information content (AvgIpc) is 3.09. The van der Waals surface area contributed by atoms with E-state index in [0.717, 1.165) is 6.42 Å². The number of amides is 2. The standard InChI is InChI=1S/C13H15N3O3S2/c17-12(18)10-8-21-11(16-10)4-6-15-13(19)14-5-3-9-2-1-7-20-9/h1-2,7-8H,3-6H2,(H,17,18)(H2,14,15,19). The number of rotatable bonds is 7. The lowest BCUT2D eigenvalue weighted by Gasteiger charge is -2.06. The number of thiophene rings is 1. The Morgan fingerprint density at radius 1 is 1.19 bits per heavy atom. The van der Waals surface area contributed by atoms with Crippen molar-refractivity contribution >= 4 is 34.7 Å². The molecule has 0 aliphatic rings. The van der Waals surface area contributed by atoms with E-state index < -0.39 is 5.97 Å². The molecule has 2 rings (SSSR count). The second-order valence-corrected chi connectivity index (χ2v) is 6.17. The Morgan fingerprint density at radius 2 is 1.95 bits per heavy atom. The van der Waals surface area contributed by atoms with Crippen LogP contribution in [0.3, 0.4) is 0 Å². The number of carbonyl (C=O) groups is 2. The molecule has 2 aromatic heterocycles. The molecule has 0 unspecified atom stereocenters. The van der Waals surface area contributed by atoms with Crippen LogP contribution in [0.2, 0.25) is 0 Å². The van der Waals surface area contributed by atoms with E-state index in [2.05, 4.69) is 15.6 Å². The molecule has 0 atom stereocenters. The number of aromatic nitrogens is 1. The Bertz CT molecular complexity index is 596. The van der Waals surface area contributed by atoms with Crippen molar-refractivity contribution < 1.29 is 14.7 Å². The normalized spacial score (nSPS) is 10.3. The lowest BCUT2D eigenvalue weighted by molar-refractivity contribution is 0.0691. The van der Waals surface area contributed by atoms with Gasteiger partial charge in [0, 0.05) is 29.8 Å². The van der Waals surface area contributed by atoms with Gasteiger partial charge < -0.3 is 15.7 Å². The summed E-state index contributed by atoms with van der Waals surface area (Å²) >= 11 is 2.95. The van der Waals surface area contributed by atoms with Crippen molar-refractivity contribution in [3.63, 3.8) is 0 Å². The fraction of sp³-hybridized carbons (Fsp3) is 0.308. The van der Waals surface area contributed by atoms with Crippen LogP contribution in [0.25, 0.3) is 0 Å². The molecule has 112 valence electrons. The van der Waals surface area contributed by atoms with Gasteiger partial charge in [0.2, 0.25) is 0 Å². The molecule has 0 bridgehead atoms. The van der Waals surface area contributed by atoms with E-state index in [1.807, 2.05) is 17.5 Å². The molecule has 0 fully saturated rings. The zero-order chi connectivity index (χ0) is 15.1. The summed E-state index contributed by atoms with van der Waals surface area (Å²) in [5.41, 5.74) is 0.0513. The van der Waals surface area contributed by atoms with Gasteiger partial charge in [-0.3, -0.25) is 0 Å². The van der Waals surface area contributed by atoms with Crippen LogP contribution in [0.4, 0.5) is 4.79 Å². The van der Waals surface area contributed by atoms with Crippen molar-refractivity contribution in [3.05, 3.63) is 38.5 Å². The summed E-state index contributed by atoms with van der Waals surface area (Å²) in [5.74, 6) is -1.03. The molecule has 21 heavy (non-hydrogen) atoms. The Balaban J connectivity index is 1.61. The maximum absolute atomic E-state index is 11.5. The highest BCUT2D eigenvalue weighted by Gasteiger charge is 2.08. The number of nitrogens with zero attached hydrogens (tertiary/aromatic N) is 1. The summed E-state index contributed by atoms with van der Waals surface area (Å²) in [6.45, 7) is 1.02. The van der Waals surface area contributed by atoms with Gasteiger partial charge in [0.1, 0.15) is 0 Å². The minimum absolute atomic E-state index is 0.0513. The predicted molar refractivity (Wildman–Crippen MR) is 82.2 cm³/mol. The van der Waals surface area contributed by atoms with Gasteiger partial charge in [-0.15, -0.1) is 22.7 Å².